The van der Waals surface area contributed by atoms with Crippen LogP contribution in [0.25, 0.3) is 0 Å². The van der Waals surface area contributed by atoms with Crippen LogP contribution in [-0.4, -0.2) is 30.7 Å². The van der Waals surface area contributed by atoms with Crippen molar-refractivity contribution in [3.8, 4) is 11.5 Å². The Hall–Kier alpha value is -2.24. The van der Waals surface area contributed by atoms with E-state index < -0.39 is 17.8 Å². The van der Waals surface area contributed by atoms with Crippen LogP contribution < -0.4 is 14.8 Å². The third kappa shape index (κ3) is 4.87. The Morgan fingerprint density at radius 3 is 2.60 bits per heavy atom. The Morgan fingerprint density at radius 2 is 1.96 bits per heavy atom. The Labute approximate surface area is 148 Å². The van der Waals surface area contributed by atoms with E-state index in [-0.39, 0.29) is 12.5 Å². The van der Waals surface area contributed by atoms with Crippen LogP contribution in [-0.2, 0) is 16.1 Å². The predicted octanol–water partition coefficient (Wildman–Crippen LogP) is 2.99. The second-order valence-corrected chi connectivity index (χ2v) is 6.35. The fourth-order valence-electron chi connectivity index (χ4n) is 3.28. The summed E-state index contributed by atoms with van der Waals surface area (Å²) in [6, 6.07) is 5.54. The van der Waals surface area contributed by atoms with Gasteiger partial charge in [-0.3, -0.25) is 9.59 Å². The average molecular weight is 349 g/mol. The summed E-state index contributed by atoms with van der Waals surface area (Å²) < 4.78 is 11.1. The Kier molecular flexibility index (Phi) is 7.10. The number of carboxylic acid groups (broad SMARTS) is 1. The molecule has 138 valence electrons. The van der Waals surface area contributed by atoms with Crippen molar-refractivity contribution in [2.24, 2.45) is 11.8 Å². The van der Waals surface area contributed by atoms with E-state index in [4.69, 9.17) is 9.47 Å². The van der Waals surface area contributed by atoms with Crippen molar-refractivity contribution < 1.29 is 24.2 Å². The number of rotatable bonds is 8. The monoisotopic (exact) mass is 349 g/mol. The molecule has 1 aliphatic carbocycles. The van der Waals surface area contributed by atoms with Crippen molar-refractivity contribution >= 4 is 11.9 Å². The molecule has 0 aliphatic heterocycles. The summed E-state index contributed by atoms with van der Waals surface area (Å²) in [6.07, 6.45) is 3.82. The maximum Gasteiger partial charge on any atom is 0.307 e. The summed E-state index contributed by atoms with van der Waals surface area (Å²) in [4.78, 5) is 23.9. The average Bonchev–Trinajstić information content (AvgIpc) is 2.64. The third-order valence-corrected chi connectivity index (χ3v) is 4.60. The van der Waals surface area contributed by atoms with Crippen molar-refractivity contribution in [3.63, 3.8) is 0 Å². The molecule has 2 atom stereocenters. The molecule has 1 aromatic carbocycles. The van der Waals surface area contributed by atoms with E-state index >= 15 is 0 Å². The van der Waals surface area contributed by atoms with Crippen LogP contribution in [0.5, 0.6) is 11.5 Å². The van der Waals surface area contributed by atoms with Crippen molar-refractivity contribution in [1.82, 2.24) is 5.32 Å². The van der Waals surface area contributed by atoms with Gasteiger partial charge in [0.25, 0.3) is 0 Å². The molecule has 0 bridgehead atoms. The van der Waals surface area contributed by atoms with E-state index in [1.165, 1.54) is 0 Å². The molecule has 0 radical (unpaired) electrons. The molecule has 2 rings (SSSR count). The van der Waals surface area contributed by atoms with Crippen LogP contribution in [0.15, 0.2) is 18.2 Å². The van der Waals surface area contributed by atoms with Crippen LogP contribution in [0.2, 0.25) is 0 Å². The number of carbonyl (C=O) groups excluding carboxylic acids is 1. The first kappa shape index (κ1) is 19.1. The fraction of sp³-hybridized carbons (Fsp3) is 0.579. The SMILES string of the molecule is CCCOc1c(CNC(=O)C2CCCCC2C(=O)O)cccc1OC. The molecule has 0 heterocycles. The second kappa shape index (κ2) is 9.30. The number of carbonyl (C=O) groups is 2. The Morgan fingerprint density at radius 1 is 1.24 bits per heavy atom. The van der Waals surface area contributed by atoms with Gasteiger partial charge < -0.3 is 19.9 Å². The lowest BCUT2D eigenvalue weighted by Crippen LogP contribution is -2.39. The fourth-order valence-corrected chi connectivity index (χ4v) is 3.28. The zero-order chi connectivity index (χ0) is 18.2. The number of amides is 1. The highest BCUT2D eigenvalue weighted by atomic mass is 16.5. The number of benzene rings is 1. The summed E-state index contributed by atoms with van der Waals surface area (Å²) in [5.74, 6) is -0.872. The smallest absolute Gasteiger partial charge is 0.307 e. The highest BCUT2D eigenvalue weighted by molar-refractivity contribution is 5.84. The molecule has 0 spiro atoms. The molecular weight excluding hydrogens is 322 g/mol. The lowest BCUT2D eigenvalue weighted by molar-refractivity contribution is -0.148. The van der Waals surface area contributed by atoms with Gasteiger partial charge in [0.05, 0.1) is 25.6 Å². The Balaban J connectivity index is 2.07. The van der Waals surface area contributed by atoms with E-state index in [1.54, 1.807) is 7.11 Å². The second-order valence-electron chi connectivity index (χ2n) is 6.35. The minimum absolute atomic E-state index is 0.198. The highest BCUT2D eigenvalue weighted by Crippen LogP contribution is 2.33. The molecule has 2 unspecified atom stereocenters. The van der Waals surface area contributed by atoms with Crippen molar-refractivity contribution in [2.45, 2.75) is 45.6 Å². The lowest BCUT2D eigenvalue weighted by atomic mass is 9.78. The number of methoxy groups -OCH3 is 1. The standard InChI is InChI=1S/C19H27NO5/c1-3-11-25-17-13(7-6-10-16(17)24-2)12-20-18(21)14-8-4-5-9-15(14)19(22)23/h6-7,10,14-15H,3-5,8-9,11-12H2,1-2H3,(H,20,21)(H,22,23). The first-order chi connectivity index (χ1) is 12.1. The van der Waals surface area contributed by atoms with Gasteiger partial charge >= 0.3 is 5.97 Å². The molecule has 0 saturated heterocycles. The van der Waals surface area contributed by atoms with Gasteiger partial charge in [0, 0.05) is 12.1 Å². The quantitative estimate of drug-likeness (QED) is 0.754. The predicted molar refractivity (Wildman–Crippen MR) is 93.7 cm³/mol. The molecule has 1 saturated carbocycles. The topological polar surface area (TPSA) is 84.9 Å². The molecule has 1 aromatic rings. The summed E-state index contributed by atoms with van der Waals surface area (Å²) >= 11 is 0. The maximum absolute atomic E-state index is 12.5. The first-order valence-corrected chi connectivity index (χ1v) is 8.87. The molecule has 1 amide bonds. The van der Waals surface area contributed by atoms with Gasteiger partial charge in [-0.15, -0.1) is 0 Å². The summed E-state index contributed by atoms with van der Waals surface area (Å²) in [5.41, 5.74) is 0.823. The molecule has 2 N–H and O–H groups in total. The maximum atomic E-state index is 12.5. The largest absolute Gasteiger partial charge is 0.493 e. The van der Waals surface area contributed by atoms with Crippen LogP contribution in [0.1, 0.15) is 44.6 Å². The van der Waals surface area contributed by atoms with E-state index in [9.17, 15) is 14.7 Å². The number of aliphatic carboxylic acids is 1. The number of nitrogens with one attached hydrogen (secondary N) is 1. The third-order valence-electron chi connectivity index (χ3n) is 4.60. The first-order valence-electron chi connectivity index (χ1n) is 8.87. The van der Waals surface area contributed by atoms with Gasteiger partial charge in [-0.05, 0) is 25.3 Å². The Bertz CT molecular complexity index is 601. The van der Waals surface area contributed by atoms with Crippen LogP contribution in [0.4, 0.5) is 0 Å². The summed E-state index contributed by atoms with van der Waals surface area (Å²) in [6.45, 7) is 2.87. The van der Waals surface area contributed by atoms with Gasteiger partial charge in [-0.25, -0.2) is 0 Å². The van der Waals surface area contributed by atoms with E-state index in [0.717, 1.165) is 24.8 Å². The van der Waals surface area contributed by atoms with E-state index in [0.29, 0.717) is 30.9 Å². The van der Waals surface area contributed by atoms with Crippen LogP contribution >= 0.6 is 0 Å². The van der Waals surface area contributed by atoms with E-state index in [2.05, 4.69) is 5.32 Å². The molecule has 0 aromatic heterocycles. The zero-order valence-corrected chi connectivity index (χ0v) is 14.9. The molecule has 25 heavy (non-hydrogen) atoms. The minimum Gasteiger partial charge on any atom is -0.493 e. The van der Waals surface area contributed by atoms with E-state index in [1.807, 2.05) is 25.1 Å². The van der Waals surface area contributed by atoms with Crippen molar-refractivity contribution in [2.75, 3.05) is 13.7 Å². The van der Waals surface area contributed by atoms with Gasteiger partial charge in [0.2, 0.25) is 5.91 Å². The van der Waals surface area contributed by atoms with Crippen LogP contribution in [0.3, 0.4) is 0 Å². The summed E-state index contributed by atoms with van der Waals surface area (Å²) in [5, 5.41) is 12.2. The highest BCUT2D eigenvalue weighted by Gasteiger charge is 2.35. The van der Waals surface area contributed by atoms with Gasteiger partial charge in [0.1, 0.15) is 0 Å². The molecule has 6 nitrogen and oxygen atoms in total. The molecule has 6 heteroatoms. The van der Waals surface area contributed by atoms with Gasteiger partial charge in [0.15, 0.2) is 11.5 Å². The molecule has 1 fully saturated rings. The number of ether oxygens (including phenoxy) is 2. The number of hydrogen-bond acceptors (Lipinski definition) is 4. The van der Waals surface area contributed by atoms with Crippen molar-refractivity contribution in [1.29, 1.82) is 0 Å². The zero-order valence-electron chi connectivity index (χ0n) is 14.9. The van der Waals surface area contributed by atoms with Gasteiger partial charge in [-0.2, -0.15) is 0 Å². The van der Waals surface area contributed by atoms with Gasteiger partial charge in [-0.1, -0.05) is 31.9 Å². The summed E-state index contributed by atoms with van der Waals surface area (Å²) in [7, 11) is 1.58. The van der Waals surface area contributed by atoms with Crippen molar-refractivity contribution in [3.05, 3.63) is 23.8 Å². The molecule has 1 aliphatic rings. The number of para-hydroxylation sites is 1. The molecular formula is C19H27NO5. The minimum atomic E-state index is -0.881. The normalized spacial score (nSPS) is 19.9. The lowest BCUT2D eigenvalue weighted by Gasteiger charge is -2.27. The van der Waals surface area contributed by atoms with Crippen LogP contribution in [0, 0.1) is 11.8 Å². The number of carboxylic acids is 1. The number of hydrogen-bond donors (Lipinski definition) is 2.